The molecule has 2 heterocycles. The maximum Gasteiger partial charge on any atom is 0.139 e. The molecule has 2 rings (SSSR count). The Kier molecular flexibility index (Phi) is 2.07. The second-order valence-electron chi connectivity index (χ2n) is 4.93. The van der Waals surface area contributed by atoms with E-state index < -0.39 is 0 Å². The van der Waals surface area contributed by atoms with E-state index in [1.165, 1.54) is 6.07 Å². The predicted molar refractivity (Wildman–Crippen MR) is 58.6 cm³/mol. The van der Waals surface area contributed by atoms with Crippen LogP contribution in [0.15, 0.2) is 18.5 Å². The zero-order valence-electron chi connectivity index (χ0n) is 9.50. The van der Waals surface area contributed by atoms with E-state index in [2.05, 4.69) is 4.98 Å². The van der Waals surface area contributed by atoms with E-state index in [0.717, 1.165) is 5.69 Å². The van der Waals surface area contributed by atoms with Gasteiger partial charge in [-0.15, -0.1) is 0 Å². The van der Waals surface area contributed by atoms with Gasteiger partial charge < -0.3 is 4.40 Å². The second kappa shape index (κ2) is 3.05. The van der Waals surface area contributed by atoms with E-state index >= 15 is 0 Å². The molecule has 0 amide bonds. The summed E-state index contributed by atoms with van der Waals surface area (Å²) in [6, 6.07) is 1.49. The van der Waals surface area contributed by atoms with Crippen LogP contribution in [0.2, 0.25) is 0 Å². The van der Waals surface area contributed by atoms with Gasteiger partial charge in [-0.25, -0.2) is 9.37 Å². The van der Waals surface area contributed by atoms with Gasteiger partial charge in [0.1, 0.15) is 11.5 Å². The van der Waals surface area contributed by atoms with Crippen LogP contribution in [-0.4, -0.2) is 9.38 Å². The lowest BCUT2D eigenvalue weighted by Crippen LogP contribution is -2.14. The van der Waals surface area contributed by atoms with Crippen molar-refractivity contribution in [3.8, 4) is 0 Å². The number of rotatable bonds is 0. The number of nitrogens with zero attached hydrogens (tertiary/aromatic N) is 2. The Bertz CT molecular complexity index is 506. The summed E-state index contributed by atoms with van der Waals surface area (Å²) in [5.74, 6) is -0.180. The lowest BCUT2D eigenvalue weighted by molar-refractivity contribution is 0.519. The highest BCUT2D eigenvalue weighted by atomic mass is 19.1. The molecular weight excluding hydrogens is 191 g/mol. The normalized spacial score (nSPS) is 12.3. The first-order chi connectivity index (χ1) is 6.88. The average Bonchev–Trinajstić information content (AvgIpc) is 2.40. The topological polar surface area (TPSA) is 17.3 Å². The van der Waals surface area contributed by atoms with E-state index in [1.54, 1.807) is 0 Å². The van der Waals surface area contributed by atoms with Crippen molar-refractivity contribution in [3.63, 3.8) is 0 Å². The molecule has 15 heavy (non-hydrogen) atoms. The molecule has 0 aliphatic heterocycles. The Morgan fingerprint density at radius 2 is 1.93 bits per heavy atom. The zero-order chi connectivity index (χ0) is 11.2. The van der Waals surface area contributed by atoms with E-state index in [0.29, 0.717) is 11.2 Å². The molecule has 2 aromatic rings. The monoisotopic (exact) mass is 206 g/mol. The van der Waals surface area contributed by atoms with Gasteiger partial charge in [-0.2, -0.15) is 0 Å². The number of aromatic nitrogens is 2. The van der Waals surface area contributed by atoms with E-state index in [4.69, 9.17) is 0 Å². The van der Waals surface area contributed by atoms with Gasteiger partial charge in [-0.3, -0.25) is 0 Å². The van der Waals surface area contributed by atoms with Crippen molar-refractivity contribution in [2.45, 2.75) is 33.1 Å². The van der Waals surface area contributed by atoms with Gasteiger partial charge in [0, 0.05) is 24.0 Å². The lowest BCUT2D eigenvalue weighted by Gasteiger charge is -2.19. The fourth-order valence-electron chi connectivity index (χ4n) is 1.69. The molecule has 0 saturated carbocycles. The molecule has 0 aromatic carbocycles. The van der Waals surface area contributed by atoms with Crippen molar-refractivity contribution in [2.75, 3.05) is 0 Å². The summed E-state index contributed by atoms with van der Waals surface area (Å²) in [6.07, 6.45) is 3.73. The predicted octanol–water partition coefficient (Wildman–Crippen LogP) is 3.08. The summed E-state index contributed by atoms with van der Waals surface area (Å²) in [4.78, 5) is 4.22. The van der Waals surface area contributed by atoms with Crippen LogP contribution < -0.4 is 0 Å². The third-order valence-corrected chi connectivity index (χ3v) is 2.47. The summed E-state index contributed by atoms with van der Waals surface area (Å²) in [5, 5.41) is 0. The number of fused-ring (bicyclic) bond motifs is 1. The summed E-state index contributed by atoms with van der Waals surface area (Å²) in [5.41, 5.74) is 2.10. The first-order valence-electron chi connectivity index (χ1n) is 5.03. The molecule has 0 saturated heterocycles. The van der Waals surface area contributed by atoms with E-state index in [-0.39, 0.29) is 11.2 Å². The Morgan fingerprint density at radius 3 is 2.53 bits per heavy atom. The van der Waals surface area contributed by atoms with Crippen molar-refractivity contribution in [3.05, 3.63) is 35.5 Å². The molecule has 0 atom stereocenters. The summed E-state index contributed by atoms with van der Waals surface area (Å²) in [6.45, 7) is 7.91. The third-order valence-electron chi connectivity index (χ3n) is 2.47. The minimum Gasteiger partial charge on any atom is -0.306 e. The van der Waals surface area contributed by atoms with E-state index in [1.807, 2.05) is 44.5 Å². The van der Waals surface area contributed by atoms with Crippen LogP contribution >= 0.6 is 0 Å². The van der Waals surface area contributed by atoms with E-state index in [9.17, 15) is 4.39 Å². The van der Waals surface area contributed by atoms with Gasteiger partial charge in [0.2, 0.25) is 0 Å². The summed E-state index contributed by atoms with van der Waals surface area (Å²) >= 11 is 0. The SMILES string of the molecule is Cc1cn2cc(C(C)(C)C)c(F)cc2n1. The fraction of sp³-hybridized carbons (Fsp3) is 0.417. The first kappa shape index (κ1) is 10.1. The maximum atomic E-state index is 13.8. The van der Waals surface area contributed by atoms with Gasteiger partial charge in [-0.1, -0.05) is 20.8 Å². The Hall–Kier alpha value is -1.38. The quantitative estimate of drug-likeness (QED) is 0.647. The third kappa shape index (κ3) is 1.74. The number of halogens is 1. The summed E-state index contributed by atoms with van der Waals surface area (Å²) < 4.78 is 15.6. The van der Waals surface area contributed by atoms with Gasteiger partial charge in [-0.05, 0) is 12.3 Å². The first-order valence-corrected chi connectivity index (χ1v) is 5.03. The molecule has 0 aliphatic carbocycles. The number of imidazole rings is 1. The highest BCUT2D eigenvalue weighted by Gasteiger charge is 2.19. The Balaban J connectivity index is 2.72. The lowest BCUT2D eigenvalue weighted by atomic mass is 9.88. The van der Waals surface area contributed by atoms with Crippen LogP contribution in [0.25, 0.3) is 5.65 Å². The van der Waals surface area contributed by atoms with Gasteiger partial charge in [0.05, 0.1) is 5.69 Å². The molecule has 0 spiro atoms. The van der Waals surface area contributed by atoms with Crippen molar-refractivity contribution in [1.82, 2.24) is 9.38 Å². The minimum atomic E-state index is -0.184. The summed E-state index contributed by atoms with van der Waals surface area (Å²) in [7, 11) is 0. The van der Waals surface area contributed by atoms with Crippen molar-refractivity contribution in [2.24, 2.45) is 0 Å². The standard InChI is InChI=1S/C12H15FN2/c1-8-6-15-7-9(12(2,3)4)10(13)5-11(15)14-8/h5-7H,1-4H3. The molecule has 3 heteroatoms. The Labute approximate surface area is 88.8 Å². The number of aryl methyl sites for hydroxylation is 1. The molecule has 2 aromatic heterocycles. The minimum absolute atomic E-state index is 0.180. The van der Waals surface area contributed by atoms with Crippen LogP contribution in [0.4, 0.5) is 4.39 Å². The smallest absolute Gasteiger partial charge is 0.139 e. The molecule has 80 valence electrons. The molecule has 0 fully saturated rings. The van der Waals surface area contributed by atoms with Gasteiger partial charge >= 0.3 is 0 Å². The number of pyridine rings is 1. The van der Waals surface area contributed by atoms with Crippen LogP contribution in [0, 0.1) is 12.7 Å². The average molecular weight is 206 g/mol. The molecule has 0 bridgehead atoms. The largest absolute Gasteiger partial charge is 0.306 e. The van der Waals surface area contributed by atoms with Gasteiger partial charge in [0.15, 0.2) is 0 Å². The molecule has 0 radical (unpaired) electrons. The molecule has 0 unspecified atom stereocenters. The van der Waals surface area contributed by atoms with Crippen LogP contribution in [0.1, 0.15) is 32.0 Å². The van der Waals surface area contributed by atoms with Crippen LogP contribution in [0.3, 0.4) is 0 Å². The highest BCUT2D eigenvalue weighted by molar-refractivity contribution is 5.43. The second-order valence-corrected chi connectivity index (χ2v) is 4.93. The van der Waals surface area contributed by atoms with Crippen molar-refractivity contribution < 1.29 is 4.39 Å². The molecule has 2 nitrogen and oxygen atoms in total. The highest BCUT2D eigenvalue weighted by Crippen LogP contribution is 2.25. The van der Waals surface area contributed by atoms with Gasteiger partial charge in [0.25, 0.3) is 0 Å². The zero-order valence-corrected chi connectivity index (χ0v) is 9.50. The molecule has 0 N–H and O–H groups in total. The molecular formula is C12H15FN2. The fourth-order valence-corrected chi connectivity index (χ4v) is 1.69. The Morgan fingerprint density at radius 1 is 1.27 bits per heavy atom. The van der Waals surface area contributed by atoms with Crippen LogP contribution in [0.5, 0.6) is 0 Å². The molecule has 0 aliphatic rings. The van der Waals surface area contributed by atoms with Crippen LogP contribution in [-0.2, 0) is 5.41 Å². The number of hydrogen-bond donors (Lipinski definition) is 0. The number of hydrogen-bond acceptors (Lipinski definition) is 1. The van der Waals surface area contributed by atoms with Crippen molar-refractivity contribution >= 4 is 5.65 Å². The maximum absolute atomic E-state index is 13.8. The van der Waals surface area contributed by atoms with Crippen molar-refractivity contribution in [1.29, 1.82) is 0 Å².